The van der Waals surface area contributed by atoms with Crippen molar-refractivity contribution in [2.24, 2.45) is 5.92 Å². The van der Waals surface area contributed by atoms with Gasteiger partial charge in [-0.2, -0.15) is 0 Å². The Morgan fingerprint density at radius 2 is 2.33 bits per heavy atom. The number of rotatable bonds is 5. The fourth-order valence-electron chi connectivity index (χ4n) is 2.71. The summed E-state index contributed by atoms with van der Waals surface area (Å²) in [5.74, 6) is -0.0409. The first-order chi connectivity index (χ1) is 10.0. The molecule has 1 fully saturated rings. The number of hydrogen-bond acceptors (Lipinski definition) is 4. The van der Waals surface area contributed by atoms with Gasteiger partial charge in [-0.1, -0.05) is 0 Å². The van der Waals surface area contributed by atoms with E-state index < -0.39 is 10.7 Å². The summed E-state index contributed by atoms with van der Waals surface area (Å²) >= 11 is 3.01. The molecule has 1 aliphatic rings. The third kappa shape index (κ3) is 3.91. The lowest BCUT2D eigenvalue weighted by Crippen LogP contribution is -2.38. The van der Waals surface area contributed by atoms with Gasteiger partial charge >= 0.3 is 0 Å². The zero-order valence-corrected chi connectivity index (χ0v) is 13.5. The summed E-state index contributed by atoms with van der Waals surface area (Å²) in [6, 6.07) is 2.49. The van der Waals surface area contributed by atoms with Crippen molar-refractivity contribution in [1.29, 1.82) is 0 Å². The number of anilines is 1. The molecule has 2 rings (SSSR count). The summed E-state index contributed by atoms with van der Waals surface area (Å²) in [6.07, 6.45) is 2.20. The summed E-state index contributed by atoms with van der Waals surface area (Å²) < 4.78 is 13.9. The van der Waals surface area contributed by atoms with Crippen molar-refractivity contribution >= 4 is 27.3 Å². The first-order valence-electron chi connectivity index (χ1n) is 7.12. The molecule has 0 spiro atoms. The van der Waals surface area contributed by atoms with E-state index in [9.17, 15) is 14.5 Å². The minimum absolute atomic E-state index is 0.0612. The first kappa shape index (κ1) is 16.2. The van der Waals surface area contributed by atoms with Crippen LogP contribution in [0, 0.1) is 21.8 Å². The second-order valence-electron chi connectivity index (χ2n) is 5.26. The van der Waals surface area contributed by atoms with E-state index in [-0.39, 0.29) is 10.2 Å². The van der Waals surface area contributed by atoms with Crippen LogP contribution in [0.1, 0.15) is 19.8 Å². The second-order valence-corrected chi connectivity index (χ2v) is 6.12. The topological polar surface area (TPSA) is 58.4 Å². The van der Waals surface area contributed by atoms with Crippen LogP contribution in [0.15, 0.2) is 16.6 Å². The number of nitrogens with zero attached hydrogens (tertiary/aromatic N) is 2. The highest BCUT2D eigenvalue weighted by Gasteiger charge is 2.24. The van der Waals surface area contributed by atoms with Crippen LogP contribution in [0.4, 0.5) is 15.8 Å². The lowest BCUT2D eigenvalue weighted by atomic mass is 9.98. The van der Waals surface area contributed by atoms with Gasteiger partial charge < -0.3 is 10.2 Å². The van der Waals surface area contributed by atoms with E-state index in [1.807, 2.05) is 11.8 Å². The van der Waals surface area contributed by atoms with Gasteiger partial charge in [-0.25, -0.2) is 4.39 Å². The standard InChI is InChI=1S/C14H19BrFN3O2/c1-2-18(9-10-4-3-5-17-8-10)13-7-12(16)11(15)6-14(13)19(20)21/h6-7,10,17H,2-5,8-9H2,1H3. The SMILES string of the molecule is CCN(CC1CCCNC1)c1cc(F)c(Br)cc1[N+](=O)[O-]. The lowest BCUT2D eigenvalue weighted by molar-refractivity contribution is -0.384. The molecule has 1 saturated heterocycles. The Balaban J connectivity index is 2.27. The number of benzene rings is 1. The monoisotopic (exact) mass is 359 g/mol. The van der Waals surface area contributed by atoms with Crippen LogP contribution in [0.25, 0.3) is 0 Å². The second kappa shape index (κ2) is 7.17. The zero-order chi connectivity index (χ0) is 15.4. The molecule has 0 amide bonds. The van der Waals surface area contributed by atoms with Gasteiger partial charge in [-0.05, 0) is 54.7 Å². The Bertz CT molecular complexity index is 521. The summed E-state index contributed by atoms with van der Waals surface area (Å²) in [5, 5.41) is 14.6. The molecule has 0 aromatic heterocycles. The van der Waals surface area contributed by atoms with E-state index in [2.05, 4.69) is 21.2 Å². The number of nitro groups is 1. The van der Waals surface area contributed by atoms with Crippen LogP contribution in [-0.2, 0) is 0 Å². The molecule has 1 atom stereocenters. The minimum atomic E-state index is -0.476. The van der Waals surface area contributed by atoms with Crippen molar-refractivity contribution in [3.05, 3.63) is 32.5 Å². The van der Waals surface area contributed by atoms with Crippen molar-refractivity contribution in [2.75, 3.05) is 31.1 Å². The maximum atomic E-state index is 13.8. The molecule has 1 heterocycles. The Morgan fingerprint density at radius 1 is 1.57 bits per heavy atom. The van der Waals surface area contributed by atoms with Crippen molar-refractivity contribution in [1.82, 2.24) is 5.32 Å². The molecule has 1 unspecified atom stereocenters. The van der Waals surface area contributed by atoms with Crippen molar-refractivity contribution in [3.8, 4) is 0 Å². The summed E-state index contributed by atoms with van der Waals surface area (Å²) in [6.45, 7) is 5.17. The smallest absolute Gasteiger partial charge is 0.293 e. The molecule has 0 saturated carbocycles. The van der Waals surface area contributed by atoms with Crippen molar-refractivity contribution < 1.29 is 9.31 Å². The number of hydrogen-bond donors (Lipinski definition) is 1. The molecular formula is C14H19BrFN3O2. The van der Waals surface area contributed by atoms with E-state index in [4.69, 9.17) is 0 Å². The fraction of sp³-hybridized carbons (Fsp3) is 0.571. The molecule has 1 aromatic rings. The number of halogens is 2. The maximum absolute atomic E-state index is 13.8. The zero-order valence-electron chi connectivity index (χ0n) is 11.9. The molecule has 0 radical (unpaired) electrons. The Hall–Kier alpha value is -1.21. The summed E-state index contributed by atoms with van der Waals surface area (Å²) in [4.78, 5) is 12.7. The number of piperidine rings is 1. The van der Waals surface area contributed by atoms with Gasteiger partial charge in [0.15, 0.2) is 0 Å². The number of nitro benzene ring substituents is 1. The highest BCUT2D eigenvalue weighted by atomic mass is 79.9. The van der Waals surface area contributed by atoms with Gasteiger partial charge in [0.05, 0.1) is 9.40 Å². The third-order valence-corrected chi connectivity index (χ3v) is 4.42. The van der Waals surface area contributed by atoms with E-state index in [0.29, 0.717) is 24.7 Å². The average Bonchev–Trinajstić information content (AvgIpc) is 2.48. The Kier molecular flexibility index (Phi) is 5.52. The lowest BCUT2D eigenvalue weighted by Gasteiger charge is -2.30. The molecule has 1 aromatic carbocycles. The van der Waals surface area contributed by atoms with Crippen LogP contribution in [0.2, 0.25) is 0 Å². The predicted molar refractivity (Wildman–Crippen MR) is 84.2 cm³/mol. The van der Waals surface area contributed by atoms with Crippen LogP contribution in [0.5, 0.6) is 0 Å². The van der Waals surface area contributed by atoms with Gasteiger partial charge in [0, 0.05) is 25.2 Å². The average molecular weight is 360 g/mol. The van der Waals surface area contributed by atoms with E-state index in [0.717, 1.165) is 25.9 Å². The highest BCUT2D eigenvalue weighted by molar-refractivity contribution is 9.10. The maximum Gasteiger partial charge on any atom is 0.293 e. The number of nitrogens with one attached hydrogen (secondary N) is 1. The third-order valence-electron chi connectivity index (χ3n) is 3.81. The van der Waals surface area contributed by atoms with Crippen molar-refractivity contribution in [2.45, 2.75) is 19.8 Å². The van der Waals surface area contributed by atoms with Gasteiger partial charge in [0.2, 0.25) is 0 Å². The summed E-state index contributed by atoms with van der Waals surface area (Å²) in [7, 11) is 0. The molecule has 7 heteroatoms. The normalized spacial score (nSPS) is 18.5. The Morgan fingerprint density at radius 3 is 2.90 bits per heavy atom. The van der Waals surface area contributed by atoms with Gasteiger partial charge in [-0.3, -0.25) is 10.1 Å². The molecule has 21 heavy (non-hydrogen) atoms. The molecule has 5 nitrogen and oxygen atoms in total. The fourth-order valence-corrected chi connectivity index (χ4v) is 3.05. The van der Waals surface area contributed by atoms with E-state index >= 15 is 0 Å². The molecular weight excluding hydrogens is 341 g/mol. The van der Waals surface area contributed by atoms with E-state index in [1.165, 1.54) is 12.1 Å². The predicted octanol–water partition coefficient (Wildman–Crippen LogP) is 3.32. The van der Waals surface area contributed by atoms with Gasteiger partial charge in [-0.15, -0.1) is 0 Å². The quantitative estimate of drug-likeness (QED) is 0.647. The molecule has 1 aliphatic heterocycles. The van der Waals surface area contributed by atoms with Gasteiger partial charge in [0.1, 0.15) is 11.5 Å². The molecule has 0 bridgehead atoms. The van der Waals surface area contributed by atoms with Crippen LogP contribution in [-0.4, -0.2) is 31.1 Å². The Labute approximate surface area is 131 Å². The molecule has 116 valence electrons. The molecule has 1 N–H and O–H groups in total. The first-order valence-corrected chi connectivity index (χ1v) is 7.91. The van der Waals surface area contributed by atoms with Crippen LogP contribution < -0.4 is 10.2 Å². The van der Waals surface area contributed by atoms with E-state index in [1.54, 1.807) is 0 Å². The highest BCUT2D eigenvalue weighted by Crippen LogP contribution is 2.34. The van der Waals surface area contributed by atoms with Crippen LogP contribution in [0.3, 0.4) is 0 Å². The van der Waals surface area contributed by atoms with Crippen molar-refractivity contribution in [3.63, 3.8) is 0 Å². The largest absolute Gasteiger partial charge is 0.366 e. The van der Waals surface area contributed by atoms with Crippen LogP contribution >= 0.6 is 15.9 Å². The van der Waals surface area contributed by atoms with Gasteiger partial charge in [0.25, 0.3) is 5.69 Å². The minimum Gasteiger partial charge on any atom is -0.366 e. The summed E-state index contributed by atoms with van der Waals surface area (Å²) in [5.41, 5.74) is 0.294. The molecule has 0 aliphatic carbocycles.